The number of nitrogens with zero attached hydrogens (tertiary/aromatic N) is 1. The molecule has 0 aromatic heterocycles. The Labute approximate surface area is 125 Å². The second-order valence-corrected chi connectivity index (χ2v) is 6.41. The molecule has 0 radical (unpaired) electrons. The highest BCUT2D eigenvalue weighted by Gasteiger charge is 2.34. The number of benzene rings is 1. The Morgan fingerprint density at radius 2 is 2.00 bits per heavy atom. The lowest BCUT2D eigenvalue weighted by molar-refractivity contribution is -0.133. The third-order valence-electron chi connectivity index (χ3n) is 4.25. The fraction of sp³-hybridized carbons (Fsp3) is 0.529. The van der Waals surface area contributed by atoms with Gasteiger partial charge in [-0.3, -0.25) is 9.59 Å². The van der Waals surface area contributed by atoms with E-state index in [0.29, 0.717) is 12.5 Å². The van der Waals surface area contributed by atoms with Crippen molar-refractivity contribution in [1.82, 2.24) is 4.90 Å². The van der Waals surface area contributed by atoms with Gasteiger partial charge in [-0.1, -0.05) is 19.9 Å². The lowest BCUT2D eigenvalue weighted by Gasteiger charge is -2.29. The maximum atomic E-state index is 12.2. The topological polar surface area (TPSA) is 49.4 Å². The summed E-state index contributed by atoms with van der Waals surface area (Å²) in [5.41, 5.74) is 3.28. The van der Waals surface area contributed by atoms with Crippen LogP contribution in [0.1, 0.15) is 37.8 Å². The average molecular weight is 286 g/mol. The Balaban J connectivity index is 1.73. The van der Waals surface area contributed by atoms with Crippen molar-refractivity contribution in [3.05, 3.63) is 29.3 Å². The van der Waals surface area contributed by atoms with Crippen LogP contribution in [0.2, 0.25) is 0 Å². The summed E-state index contributed by atoms with van der Waals surface area (Å²) in [7, 11) is 0. The zero-order valence-corrected chi connectivity index (χ0v) is 12.7. The molecule has 1 aromatic rings. The first-order valence-electron chi connectivity index (χ1n) is 7.76. The van der Waals surface area contributed by atoms with Gasteiger partial charge >= 0.3 is 0 Å². The average Bonchev–Trinajstić information content (AvgIpc) is 3.30. The number of carbonyl (C=O) groups is 2. The molecule has 0 spiro atoms. The number of rotatable bonds is 3. The van der Waals surface area contributed by atoms with Crippen molar-refractivity contribution in [2.24, 2.45) is 11.8 Å². The third kappa shape index (κ3) is 3.09. The minimum Gasteiger partial charge on any atom is -0.338 e. The van der Waals surface area contributed by atoms with Crippen molar-refractivity contribution in [2.75, 3.05) is 11.9 Å². The van der Waals surface area contributed by atoms with Gasteiger partial charge in [0.15, 0.2) is 0 Å². The van der Waals surface area contributed by atoms with Gasteiger partial charge in [0.05, 0.1) is 0 Å². The number of carbonyl (C=O) groups excluding carboxylic acids is 2. The summed E-state index contributed by atoms with van der Waals surface area (Å²) in [6.45, 7) is 5.25. The van der Waals surface area contributed by atoms with E-state index in [1.165, 1.54) is 5.56 Å². The van der Waals surface area contributed by atoms with Crippen LogP contribution in [-0.4, -0.2) is 23.3 Å². The van der Waals surface area contributed by atoms with Crippen LogP contribution in [0.5, 0.6) is 0 Å². The van der Waals surface area contributed by atoms with Crippen LogP contribution < -0.4 is 5.32 Å². The van der Waals surface area contributed by atoms with E-state index < -0.39 is 0 Å². The number of anilines is 1. The first-order chi connectivity index (χ1) is 10.0. The number of hydrogen-bond acceptors (Lipinski definition) is 2. The lowest BCUT2D eigenvalue weighted by Crippen LogP contribution is -2.36. The smallest absolute Gasteiger partial charge is 0.226 e. The van der Waals surface area contributed by atoms with Gasteiger partial charge in [0, 0.05) is 30.6 Å². The van der Waals surface area contributed by atoms with E-state index >= 15 is 0 Å². The van der Waals surface area contributed by atoms with Gasteiger partial charge in [-0.15, -0.1) is 0 Å². The molecule has 1 aliphatic carbocycles. The molecule has 1 aromatic carbocycles. The first-order valence-corrected chi connectivity index (χ1v) is 7.76. The number of nitrogens with one attached hydrogen (secondary N) is 1. The molecule has 2 aliphatic rings. The summed E-state index contributed by atoms with van der Waals surface area (Å²) >= 11 is 0. The summed E-state index contributed by atoms with van der Waals surface area (Å²) < 4.78 is 0. The fourth-order valence-electron chi connectivity index (χ4n) is 2.70. The number of fused-ring (bicyclic) bond motifs is 1. The molecule has 0 saturated heterocycles. The van der Waals surface area contributed by atoms with Crippen molar-refractivity contribution >= 4 is 17.5 Å². The Morgan fingerprint density at radius 3 is 2.67 bits per heavy atom. The summed E-state index contributed by atoms with van der Waals surface area (Å²) in [4.78, 5) is 25.9. The second kappa shape index (κ2) is 5.51. The van der Waals surface area contributed by atoms with E-state index in [-0.39, 0.29) is 17.7 Å². The predicted molar refractivity (Wildman–Crippen MR) is 81.8 cm³/mol. The van der Waals surface area contributed by atoms with Crippen LogP contribution in [0.3, 0.4) is 0 Å². The van der Waals surface area contributed by atoms with Crippen molar-refractivity contribution in [3.8, 4) is 0 Å². The summed E-state index contributed by atoms with van der Waals surface area (Å²) in [5, 5.41) is 2.93. The van der Waals surface area contributed by atoms with E-state index in [1.54, 1.807) is 0 Å². The van der Waals surface area contributed by atoms with Crippen LogP contribution in [-0.2, 0) is 22.6 Å². The molecule has 2 amide bonds. The van der Waals surface area contributed by atoms with E-state index in [9.17, 15) is 9.59 Å². The predicted octanol–water partition coefficient (Wildman–Crippen LogP) is 2.58. The molecule has 0 bridgehead atoms. The number of hydrogen-bond donors (Lipinski definition) is 1. The van der Waals surface area contributed by atoms with Crippen LogP contribution in [0.15, 0.2) is 18.2 Å². The summed E-state index contributed by atoms with van der Waals surface area (Å²) in [5.74, 6) is 0.568. The van der Waals surface area contributed by atoms with E-state index in [1.807, 2.05) is 30.9 Å². The quantitative estimate of drug-likeness (QED) is 0.928. The van der Waals surface area contributed by atoms with Gasteiger partial charge in [0.2, 0.25) is 11.8 Å². The summed E-state index contributed by atoms with van der Waals surface area (Å²) in [6, 6.07) is 6.05. The normalized spacial score (nSPS) is 17.6. The van der Waals surface area contributed by atoms with Gasteiger partial charge < -0.3 is 10.2 Å². The number of amides is 2. The Hall–Kier alpha value is -1.84. The van der Waals surface area contributed by atoms with Crippen LogP contribution in [0, 0.1) is 11.8 Å². The molecule has 3 rings (SSSR count). The van der Waals surface area contributed by atoms with E-state index in [2.05, 4.69) is 11.4 Å². The zero-order chi connectivity index (χ0) is 15.0. The Morgan fingerprint density at radius 1 is 1.24 bits per heavy atom. The highest BCUT2D eigenvalue weighted by Crippen LogP contribution is 2.33. The monoisotopic (exact) mass is 286 g/mol. The minimum absolute atomic E-state index is 0.0247. The maximum Gasteiger partial charge on any atom is 0.226 e. The van der Waals surface area contributed by atoms with Gasteiger partial charge in [-0.05, 0) is 42.5 Å². The molecule has 1 heterocycles. The Kier molecular flexibility index (Phi) is 3.70. The van der Waals surface area contributed by atoms with Crippen molar-refractivity contribution < 1.29 is 9.59 Å². The SMILES string of the molecule is CC(C)C(=O)Nc1ccc2c(c1)CN(C(=O)C1CC1)CC2. The molecule has 1 N–H and O–H groups in total. The van der Waals surface area contributed by atoms with Crippen LogP contribution in [0.25, 0.3) is 0 Å². The standard InChI is InChI=1S/C17H22N2O2/c1-11(2)16(20)18-15-6-5-12-7-8-19(10-14(12)9-15)17(21)13-3-4-13/h5-6,9,11,13H,3-4,7-8,10H2,1-2H3,(H,18,20). The largest absolute Gasteiger partial charge is 0.338 e. The second-order valence-electron chi connectivity index (χ2n) is 6.41. The van der Waals surface area contributed by atoms with Crippen molar-refractivity contribution in [3.63, 3.8) is 0 Å². The lowest BCUT2D eigenvalue weighted by atomic mass is 9.98. The highest BCUT2D eigenvalue weighted by molar-refractivity contribution is 5.92. The summed E-state index contributed by atoms with van der Waals surface area (Å²) in [6.07, 6.45) is 3.01. The molecular weight excluding hydrogens is 264 g/mol. The molecule has 1 saturated carbocycles. The van der Waals surface area contributed by atoms with Gasteiger partial charge in [0.1, 0.15) is 0 Å². The zero-order valence-electron chi connectivity index (χ0n) is 12.7. The molecule has 0 atom stereocenters. The van der Waals surface area contributed by atoms with Gasteiger partial charge in [-0.2, -0.15) is 0 Å². The van der Waals surface area contributed by atoms with E-state index in [0.717, 1.165) is 37.1 Å². The van der Waals surface area contributed by atoms with Crippen molar-refractivity contribution in [2.45, 2.75) is 39.7 Å². The van der Waals surface area contributed by atoms with E-state index in [4.69, 9.17) is 0 Å². The minimum atomic E-state index is -0.0334. The maximum absolute atomic E-state index is 12.2. The third-order valence-corrected chi connectivity index (χ3v) is 4.25. The molecule has 0 unspecified atom stereocenters. The fourth-order valence-corrected chi connectivity index (χ4v) is 2.70. The molecule has 1 aliphatic heterocycles. The van der Waals surface area contributed by atoms with Crippen LogP contribution >= 0.6 is 0 Å². The molecule has 112 valence electrons. The Bertz CT molecular complexity index is 576. The first kappa shape index (κ1) is 14.1. The molecule has 4 heteroatoms. The highest BCUT2D eigenvalue weighted by atomic mass is 16.2. The molecule has 21 heavy (non-hydrogen) atoms. The van der Waals surface area contributed by atoms with Crippen molar-refractivity contribution in [1.29, 1.82) is 0 Å². The molecular formula is C17H22N2O2. The van der Waals surface area contributed by atoms with Gasteiger partial charge in [-0.25, -0.2) is 0 Å². The van der Waals surface area contributed by atoms with Crippen LogP contribution in [0.4, 0.5) is 5.69 Å². The molecule has 1 fully saturated rings. The van der Waals surface area contributed by atoms with Gasteiger partial charge in [0.25, 0.3) is 0 Å². The molecule has 4 nitrogen and oxygen atoms in total.